The van der Waals surface area contributed by atoms with Gasteiger partial charge in [-0.25, -0.2) is 0 Å². The van der Waals surface area contributed by atoms with Crippen molar-refractivity contribution in [3.05, 3.63) is 12.3 Å². The number of nitrogens with one attached hydrogen (secondary N) is 1. The molecule has 94 valence electrons. The summed E-state index contributed by atoms with van der Waals surface area (Å²) >= 11 is 2.27. The van der Waals surface area contributed by atoms with Crippen molar-refractivity contribution >= 4 is 28.6 Å². The second-order valence-corrected chi connectivity index (χ2v) is 5.38. The van der Waals surface area contributed by atoms with Crippen molar-refractivity contribution in [2.75, 3.05) is 6.54 Å². The molecule has 0 aromatic carbocycles. The van der Waals surface area contributed by atoms with Gasteiger partial charge in [-0.1, -0.05) is 45.6 Å². The highest BCUT2D eigenvalue weighted by molar-refractivity contribution is 14.1. The van der Waals surface area contributed by atoms with Crippen molar-refractivity contribution in [2.24, 2.45) is 0 Å². The third-order valence-corrected chi connectivity index (χ3v) is 3.05. The van der Waals surface area contributed by atoms with Crippen LogP contribution in [0.2, 0.25) is 0 Å². The minimum Gasteiger partial charge on any atom is -0.316 e. The van der Waals surface area contributed by atoms with Crippen LogP contribution < -0.4 is 0 Å². The van der Waals surface area contributed by atoms with Crippen molar-refractivity contribution < 1.29 is 0 Å². The fraction of sp³-hybridized carbons (Fsp3) is 0.769. The number of halogens is 1. The third kappa shape index (κ3) is 10.5. The van der Waals surface area contributed by atoms with Gasteiger partial charge in [0.05, 0.1) is 29.4 Å². The Morgan fingerprint density at radius 1 is 1.19 bits per heavy atom. The van der Waals surface area contributed by atoms with Crippen LogP contribution in [0.15, 0.2) is 12.3 Å². The number of hydrogen-bond donors (Lipinski definition) is 1. The topological polar surface area (TPSA) is 27.1 Å². The standard InChI is InChI=1S/C13H25IN2/c1-3-5-6-7-8-9-11-16(14)12-13(15)10-4-2/h9,11,15H,3-8,10,12H2,1-2H3. The molecule has 0 bridgehead atoms. The predicted molar refractivity (Wildman–Crippen MR) is 81.3 cm³/mol. The zero-order valence-corrected chi connectivity index (χ0v) is 12.8. The van der Waals surface area contributed by atoms with E-state index >= 15 is 0 Å². The van der Waals surface area contributed by atoms with Crippen LogP contribution in [-0.2, 0) is 0 Å². The average molecular weight is 336 g/mol. The smallest absolute Gasteiger partial charge is 0.0651 e. The zero-order valence-electron chi connectivity index (χ0n) is 10.6. The molecule has 3 heteroatoms. The molecule has 0 heterocycles. The normalized spacial score (nSPS) is 10.9. The summed E-state index contributed by atoms with van der Waals surface area (Å²) in [4.78, 5) is 0. The lowest BCUT2D eigenvalue weighted by Gasteiger charge is -2.11. The van der Waals surface area contributed by atoms with E-state index in [0.29, 0.717) is 0 Å². The molecule has 0 radical (unpaired) electrons. The molecule has 1 N–H and O–H groups in total. The highest BCUT2D eigenvalue weighted by atomic mass is 127. The van der Waals surface area contributed by atoms with Gasteiger partial charge in [-0.05, 0) is 19.3 Å². The molecule has 0 saturated carbocycles. The Kier molecular flexibility index (Phi) is 11.4. The van der Waals surface area contributed by atoms with Crippen LogP contribution in [0.5, 0.6) is 0 Å². The molecule has 0 amide bonds. The lowest BCUT2D eigenvalue weighted by atomic mass is 10.1. The third-order valence-electron chi connectivity index (χ3n) is 2.39. The lowest BCUT2D eigenvalue weighted by Crippen LogP contribution is -2.14. The first-order chi connectivity index (χ1) is 7.70. The Morgan fingerprint density at radius 3 is 2.56 bits per heavy atom. The molecule has 0 saturated heterocycles. The van der Waals surface area contributed by atoms with E-state index in [1.54, 1.807) is 0 Å². The van der Waals surface area contributed by atoms with Crippen LogP contribution in [0.3, 0.4) is 0 Å². The van der Waals surface area contributed by atoms with Crippen LogP contribution in [0.25, 0.3) is 0 Å². The highest BCUT2D eigenvalue weighted by Crippen LogP contribution is 2.06. The van der Waals surface area contributed by atoms with Gasteiger partial charge in [0, 0.05) is 11.9 Å². The van der Waals surface area contributed by atoms with Gasteiger partial charge in [0.1, 0.15) is 0 Å². The molecule has 0 aliphatic carbocycles. The van der Waals surface area contributed by atoms with Gasteiger partial charge in [-0.3, -0.25) is 0 Å². The summed E-state index contributed by atoms with van der Waals surface area (Å²) in [7, 11) is 0. The van der Waals surface area contributed by atoms with Gasteiger partial charge in [0.25, 0.3) is 0 Å². The van der Waals surface area contributed by atoms with E-state index < -0.39 is 0 Å². The molecule has 0 atom stereocenters. The minimum absolute atomic E-state index is 0.764. The number of nitrogens with zero attached hydrogens (tertiary/aromatic N) is 1. The van der Waals surface area contributed by atoms with Crippen LogP contribution in [0.4, 0.5) is 0 Å². The van der Waals surface area contributed by atoms with Gasteiger partial charge >= 0.3 is 0 Å². The Morgan fingerprint density at radius 2 is 1.94 bits per heavy atom. The number of allylic oxidation sites excluding steroid dienone is 1. The van der Waals surface area contributed by atoms with E-state index in [1.165, 1.54) is 32.1 Å². The molecule has 16 heavy (non-hydrogen) atoms. The lowest BCUT2D eigenvalue weighted by molar-refractivity contribution is 0.669. The Hall–Kier alpha value is -0.0600. The monoisotopic (exact) mass is 336 g/mol. The fourth-order valence-corrected chi connectivity index (χ4v) is 2.13. The van der Waals surface area contributed by atoms with Crippen molar-refractivity contribution in [3.8, 4) is 0 Å². The predicted octanol–water partition coefficient (Wildman–Crippen LogP) is 4.94. The number of hydrogen-bond acceptors (Lipinski definition) is 2. The van der Waals surface area contributed by atoms with Crippen LogP contribution in [0.1, 0.15) is 58.8 Å². The number of rotatable bonds is 10. The Bertz CT molecular complexity index is 202. The SMILES string of the molecule is CCCCCCC=CN(I)CC(=N)CCC. The molecule has 0 aliphatic heterocycles. The first kappa shape index (κ1) is 15.9. The van der Waals surface area contributed by atoms with Gasteiger partial charge < -0.3 is 8.52 Å². The van der Waals surface area contributed by atoms with E-state index in [1.807, 2.05) is 0 Å². The molecule has 0 aromatic rings. The minimum atomic E-state index is 0.764. The summed E-state index contributed by atoms with van der Waals surface area (Å²) in [5, 5.41) is 7.71. The maximum atomic E-state index is 7.71. The van der Waals surface area contributed by atoms with E-state index in [9.17, 15) is 0 Å². The zero-order chi connectivity index (χ0) is 12.2. The summed E-state index contributed by atoms with van der Waals surface area (Å²) in [6.07, 6.45) is 12.8. The molecule has 0 unspecified atom stereocenters. The Labute approximate surface area is 114 Å². The molecule has 0 aliphatic rings. The molecule has 0 fully saturated rings. The molecule has 0 aromatic heterocycles. The largest absolute Gasteiger partial charge is 0.316 e. The molecule has 2 nitrogen and oxygen atoms in total. The first-order valence-electron chi connectivity index (χ1n) is 6.36. The fourth-order valence-electron chi connectivity index (χ4n) is 1.49. The highest BCUT2D eigenvalue weighted by Gasteiger charge is 1.98. The van der Waals surface area contributed by atoms with Gasteiger partial charge in [-0.15, -0.1) is 0 Å². The Balaban J connectivity index is 3.50. The average Bonchev–Trinajstić information content (AvgIpc) is 2.23. The van der Waals surface area contributed by atoms with Crippen LogP contribution in [-0.4, -0.2) is 15.4 Å². The summed E-state index contributed by atoms with van der Waals surface area (Å²) in [6.45, 7) is 5.12. The van der Waals surface area contributed by atoms with E-state index in [4.69, 9.17) is 5.41 Å². The van der Waals surface area contributed by atoms with Gasteiger partial charge in [0.2, 0.25) is 0 Å². The maximum absolute atomic E-state index is 7.71. The van der Waals surface area contributed by atoms with E-state index in [0.717, 1.165) is 25.1 Å². The quantitative estimate of drug-likeness (QED) is 0.260. The van der Waals surface area contributed by atoms with Crippen molar-refractivity contribution in [1.29, 1.82) is 5.41 Å². The molecular formula is C13H25IN2. The first-order valence-corrected chi connectivity index (χ1v) is 7.32. The molecule has 0 rings (SSSR count). The van der Waals surface area contributed by atoms with Gasteiger partial charge in [-0.2, -0.15) is 0 Å². The van der Waals surface area contributed by atoms with E-state index in [2.05, 4.69) is 52.1 Å². The second-order valence-electron chi connectivity index (χ2n) is 4.15. The molecular weight excluding hydrogens is 311 g/mol. The summed E-state index contributed by atoms with van der Waals surface area (Å²) in [5.41, 5.74) is 0.826. The second kappa shape index (κ2) is 11.4. The summed E-state index contributed by atoms with van der Waals surface area (Å²) in [6, 6.07) is 0. The summed E-state index contributed by atoms with van der Waals surface area (Å²) in [5.74, 6) is 0. The van der Waals surface area contributed by atoms with Gasteiger partial charge in [0.15, 0.2) is 0 Å². The number of unbranched alkanes of at least 4 members (excludes halogenated alkanes) is 4. The van der Waals surface area contributed by atoms with Crippen LogP contribution >= 0.6 is 22.9 Å². The van der Waals surface area contributed by atoms with Crippen molar-refractivity contribution in [3.63, 3.8) is 0 Å². The van der Waals surface area contributed by atoms with Crippen LogP contribution in [0, 0.1) is 5.41 Å². The van der Waals surface area contributed by atoms with Crippen molar-refractivity contribution in [2.45, 2.75) is 58.8 Å². The van der Waals surface area contributed by atoms with E-state index in [-0.39, 0.29) is 0 Å². The van der Waals surface area contributed by atoms with Crippen molar-refractivity contribution in [1.82, 2.24) is 3.11 Å². The summed E-state index contributed by atoms with van der Waals surface area (Å²) < 4.78 is 2.08. The maximum Gasteiger partial charge on any atom is 0.0651 e. The molecule has 0 spiro atoms.